The van der Waals surface area contributed by atoms with E-state index in [0.29, 0.717) is 13.1 Å². The molecular formula is C13H23N2O2S+. The van der Waals surface area contributed by atoms with Crippen LogP contribution in [0, 0.1) is 17.8 Å². The van der Waals surface area contributed by atoms with Crippen LogP contribution in [0.3, 0.4) is 0 Å². The van der Waals surface area contributed by atoms with E-state index in [1.807, 2.05) is 0 Å². The molecule has 3 aliphatic rings. The Balaban J connectivity index is 1.50. The summed E-state index contributed by atoms with van der Waals surface area (Å²) in [5.41, 5.74) is 0. The Bertz CT molecular complexity index is 438. The van der Waals surface area contributed by atoms with Gasteiger partial charge >= 0.3 is 0 Å². The lowest BCUT2D eigenvalue weighted by atomic mass is 9.93. The van der Waals surface area contributed by atoms with Crippen molar-refractivity contribution in [3.05, 3.63) is 12.2 Å². The van der Waals surface area contributed by atoms with Gasteiger partial charge in [0.1, 0.15) is 0 Å². The van der Waals surface area contributed by atoms with Crippen molar-refractivity contribution < 1.29 is 13.3 Å². The summed E-state index contributed by atoms with van der Waals surface area (Å²) in [6.45, 7) is 4.59. The average molecular weight is 271 g/mol. The van der Waals surface area contributed by atoms with Gasteiger partial charge in [-0.25, -0.2) is 8.42 Å². The van der Waals surface area contributed by atoms with Crippen LogP contribution in [0.15, 0.2) is 12.2 Å². The molecule has 0 unspecified atom stereocenters. The molecule has 1 saturated heterocycles. The Morgan fingerprint density at radius 3 is 2.44 bits per heavy atom. The van der Waals surface area contributed by atoms with E-state index in [1.54, 1.807) is 9.21 Å². The molecule has 3 atom stereocenters. The summed E-state index contributed by atoms with van der Waals surface area (Å²) in [5.74, 6) is 2.51. The molecule has 0 aromatic heterocycles. The number of sulfonamides is 1. The topological polar surface area (TPSA) is 41.8 Å². The van der Waals surface area contributed by atoms with E-state index in [4.69, 9.17) is 0 Å². The molecule has 0 aromatic carbocycles. The molecule has 2 bridgehead atoms. The fourth-order valence-corrected chi connectivity index (χ4v) is 4.68. The minimum atomic E-state index is -2.98. The summed E-state index contributed by atoms with van der Waals surface area (Å²) >= 11 is 0. The Morgan fingerprint density at radius 2 is 1.94 bits per heavy atom. The van der Waals surface area contributed by atoms with Crippen molar-refractivity contribution in [3.8, 4) is 0 Å². The van der Waals surface area contributed by atoms with Crippen molar-refractivity contribution in [2.45, 2.75) is 12.8 Å². The monoisotopic (exact) mass is 271 g/mol. The second-order valence-electron chi connectivity index (χ2n) is 6.16. The summed E-state index contributed by atoms with van der Waals surface area (Å²) in [4.78, 5) is 1.60. The molecule has 5 heteroatoms. The van der Waals surface area contributed by atoms with Crippen molar-refractivity contribution >= 4 is 10.0 Å². The summed E-state index contributed by atoms with van der Waals surface area (Å²) in [5, 5.41) is 0. The van der Waals surface area contributed by atoms with Crippen LogP contribution in [-0.4, -0.2) is 51.7 Å². The highest BCUT2D eigenvalue weighted by molar-refractivity contribution is 7.88. The first-order chi connectivity index (χ1) is 8.52. The van der Waals surface area contributed by atoms with Crippen molar-refractivity contribution in [3.63, 3.8) is 0 Å². The number of hydrogen-bond acceptors (Lipinski definition) is 2. The molecule has 102 valence electrons. The Morgan fingerprint density at radius 1 is 1.22 bits per heavy atom. The van der Waals surface area contributed by atoms with Gasteiger partial charge in [0.2, 0.25) is 10.0 Å². The minimum Gasteiger partial charge on any atom is -0.333 e. The zero-order chi connectivity index (χ0) is 12.8. The summed E-state index contributed by atoms with van der Waals surface area (Å²) in [6.07, 6.45) is 8.84. The van der Waals surface area contributed by atoms with Crippen molar-refractivity contribution in [2.24, 2.45) is 17.8 Å². The summed E-state index contributed by atoms with van der Waals surface area (Å²) in [7, 11) is -2.98. The maximum Gasteiger partial charge on any atom is 0.211 e. The Hall–Kier alpha value is -0.390. The first kappa shape index (κ1) is 12.6. The molecule has 2 aliphatic carbocycles. The molecule has 1 aliphatic heterocycles. The van der Waals surface area contributed by atoms with Gasteiger partial charge in [0.25, 0.3) is 0 Å². The molecule has 2 fully saturated rings. The largest absolute Gasteiger partial charge is 0.333 e. The predicted octanol–water partition coefficient (Wildman–Crippen LogP) is -0.641. The van der Waals surface area contributed by atoms with Gasteiger partial charge < -0.3 is 4.90 Å². The van der Waals surface area contributed by atoms with Crippen LogP contribution in [0.4, 0.5) is 0 Å². The summed E-state index contributed by atoms with van der Waals surface area (Å²) in [6, 6.07) is 0. The maximum absolute atomic E-state index is 11.4. The number of fused-ring (bicyclic) bond motifs is 2. The first-order valence-corrected chi connectivity index (χ1v) is 8.84. The second kappa shape index (κ2) is 4.62. The van der Waals surface area contributed by atoms with Crippen LogP contribution >= 0.6 is 0 Å². The third-order valence-corrected chi connectivity index (χ3v) is 6.17. The third kappa shape index (κ3) is 2.49. The zero-order valence-electron chi connectivity index (χ0n) is 11.0. The van der Waals surface area contributed by atoms with Crippen molar-refractivity contribution in [1.29, 1.82) is 0 Å². The van der Waals surface area contributed by atoms with Gasteiger partial charge in [-0.05, 0) is 24.7 Å². The van der Waals surface area contributed by atoms with Gasteiger partial charge in [0.05, 0.1) is 39.0 Å². The number of nitrogens with zero attached hydrogens (tertiary/aromatic N) is 1. The first-order valence-electron chi connectivity index (χ1n) is 6.99. The standard InChI is InChI=1S/C13H22N2O2S/c1-18(16,17)15-6-4-14(5-7-15)10-13-9-11-2-3-12(13)8-11/h2-3,11-13H,4-10H2,1H3/p+1/t11-,12+,13-/m1/s1. The van der Waals surface area contributed by atoms with Crippen LogP contribution < -0.4 is 4.90 Å². The molecular weight excluding hydrogens is 248 g/mol. The molecule has 18 heavy (non-hydrogen) atoms. The van der Waals surface area contributed by atoms with E-state index in [-0.39, 0.29) is 0 Å². The highest BCUT2D eigenvalue weighted by atomic mass is 32.2. The molecule has 0 aromatic rings. The van der Waals surface area contributed by atoms with Crippen LogP contribution in [-0.2, 0) is 10.0 Å². The fourth-order valence-electron chi connectivity index (χ4n) is 3.84. The van der Waals surface area contributed by atoms with Gasteiger partial charge in [-0.1, -0.05) is 12.2 Å². The van der Waals surface area contributed by atoms with E-state index >= 15 is 0 Å². The Kier molecular flexibility index (Phi) is 3.24. The smallest absolute Gasteiger partial charge is 0.211 e. The van der Waals surface area contributed by atoms with Crippen LogP contribution in [0.25, 0.3) is 0 Å². The van der Waals surface area contributed by atoms with Gasteiger partial charge in [0.15, 0.2) is 0 Å². The van der Waals surface area contributed by atoms with Gasteiger partial charge in [-0.2, -0.15) is 4.31 Å². The van der Waals surface area contributed by atoms with Gasteiger partial charge in [0, 0.05) is 5.92 Å². The van der Waals surface area contributed by atoms with Gasteiger partial charge in [-0.3, -0.25) is 0 Å². The highest BCUT2D eigenvalue weighted by Gasteiger charge is 2.38. The highest BCUT2D eigenvalue weighted by Crippen LogP contribution is 2.42. The van der Waals surface area contributed by atoms with E-state index in [0.717, 1.165) is 30.8 Å². The van der Waals surface area contributed by atoms with Crippen LogP contribution in [0.5, 0.6) is 0 Å². The van der Waals surface area contributed by atoms with Gasteiger partial charge in [-0.15, -0.1) is 0 Å². The SMILES string of the molecule is CS(=O)(=O)N1CC[NH+](C[C@H]2C[C@@H]3C=C[C@H]2C3)CC1. The Labute approximate surface area is 110 Å². The molecule has 3 rings (SSSR count). The third-order valence-electron chi connectivity index (χ3n) is 4.87. The van der Waals surface area contributed by atoms with Crippen LogP contribution in [0.1, 0.15) is 12.8 Å². The maximum atomic E-state index is 11.4. The van der Waals surface area contributed by atoms with E-state index in [2.05, 4.69) is 12.2 Å². The predicted molar refractivity (Wildman–Crippen MR) is 70.8 cm³/mol. The number of hydrogen-bond donors (Lipinski definition) is 1. The van der Waals surface area contributed by atoms with E-state index in [9.17, 15) is 8.42 Å². The van der Waals surface area contributed by atoms with E-state index in [1.165, 1.54) is 25.6 Å². The molecule has 1 saturated carbocycles. The van der Waals surface area contributed by atoms with Crippen LogP contribution in [0.2, 0.25) is 0 Å². The van der Waals surface area contributed by atoms with Crippen molar-refractivity contribution in [2.75, 3.05) is 39.0 Å². The zero-order valence-corrected chi connectivity index (χ0v) is 11.8. The molecule has 0 amide bonds. The number of rotatable bonds is 3. The van der Waals surface area contributed by atoms with E-state index < -0.39 is 10.0 Å². The normalized spacial score (nSPS) is 37.5. The fraction of sp³-hybridized carbons (Fsp3) is 0.846. The summed E-state index contributed by atoms with van der Waals surface area (Å²) < 4.78 is 24.5. The second-order valence-corrected chi connectivity index (χ2v) is 8.14. The molecule has 4 nitrogen and oxygen atoms in total. The lowest BCUT2D eigenvalue weighted by Gasteiger charge is -2.33. The average Bonchev–Trinajstić information content (AvgIpc) is 2.90. The lowest BCUT2D eigenvalue weighted by molar-refractivity contribution is -0.907. The van der Waals surface area contributed by atoms with Crippen molar-refractivity contribution in [1.82, 2.24) is 4.31 Å². The number of piperazine rings is 1. The lowest BCUT2D eigenvalue weighted by Crippen LogP contribution is -3.15. The molecule has 0 spiro atoms. The minimum absolute atomic E-state index is 0.699. The molecule has 1 heterocycles. The number of nitrogens with one attached hydrogen (secondary N) is 1. The quantitative estimate of drug-likeness (QED) is 0.694. The molecule has 1 N–H and O–H groups in total. The molecule has 0 radical (unpaired) electrons. The number of quaternary nitrogens is 1. The number of allylic oxidation sites excluding steroid dienone is 2.